The van der Waals surface area contributed by atoms with Crippen molar-refractivity contribution in [2.75, 3.05) is 27.1 Å². The number of nitrogens with zero attached hydrogens (tertiary/aromatic N) is 1. The summed E-state index contributed by atoms with van der Waals surface area (Å²) in [5.41, 5.74) is 2.11. The van der Waals surface area contributed by atoms with Crippen LogP contribution in [0.2, 0.25) is 0 Å². The Kier molecular flexibility index (Phi) is 5.52. The van der Waals surface area contributed by atoms with Gasteiger partial charge in [-0.15, -0.1) is 0 Å². The van der Waals surface area contributed by atoms with Crippen LogP contribution in [0.3, 0.4) is 0 Å². The van der Waals surface area contributed by atoms with Gasteiger partial charge in [-0.2, -0.15) is 0 Å². The van der Waals surface area contributed by atoms with Crippen molar-refractivity contribution < 1.29 is 16.8 Å². The molecule has 1 N–H and O–H groups in total. The second kappa shape index (κ2) is 7.67. The minimum atomic E-state index is -3.44. The molecule has 140 valence electrons. The molecule has 2 aromatic rings. The highest BCUT2D eigenvalue weighted by atomic mass is 32.2. The molecule has 0 aromatic heterocycles. The molecule has 0 saturated carbocycles. The zero-order valence-corrected chi connectivity index (χ0v) is 16.0. The van der Waals surface area contributed by atoms with Crippen LogP contribution in [0.1, 0.15) is 18.4 Å². The van der Waals surface area contributed by atoms with E-state index in [4.69, 9.17) is 0 Å². The molecule has 0 spiro atoms. The highest BCUT2D eigenvalue weighted by molar-refractivity contribution is 7.93. The molecular formula is C18H22N2O4S2. The van der Waals surface area contributed by atoms with E-state index in [1.165, 1.54) is 4.31 Å². The number of rotatable bonds is 7. The Morgan fingerprint density at radius 2 is 1.69 bits per heavy atom. The van der Waals surface area contributed by atoms with Gasteiger partial charge in [0.2, 0.25) is 20.0 Å². The minimum Gasteiger partial charge on any atom is -0.284 e. The van der Waals surface area contributed by atoms with Gasteiger partial charge in [-0.3, -0.25) is 9.03 Å². The van der Waals surface area contributed by atoms with Gasteiger partial charge in [0, 0.05) is 12.2 Å². The van der Waals surface area contributed by atoms with Crippen molar-refractivity contribution in [3.63, 3.8) is 0 Å². The maximum atomic E-state index is 12.2. The molecule has 0 amide bonds. The van der Waals surface area contributed by atoms with Crippen LogP contribution in [0.25, 0.3) is 0 Å². The molecule has 0 bridgehead atoms. The average molecular weight is 395 g/mol. The Balaban J connectivity index is 1.57. The maximum absolute atomic E-state index is 12.2. The van der Waals surface area contributed by atoms with Gasteiger partial charge >= 0.3 is 0 Å². The molecule has 26 heavy (non-hydrogen) atoms. The van der Waals surface area contributed by atoms with E-state index in [1.54, 1.807) is 24.3 Å². The van der Waals surface area contributed by atoms with Crippen molar-refractivity contribution in [1.29, 1.82) is 0 Å². The van der Waals surface area contributed by atoms with Gasteiger partial charge in [-0.05, 0) is 49.1 Å². The van der Waals surface area contributed by atoms with E-state index in [0.29, 0.717) is 37.2 Å². The summed E-state index contributed by atoms with van der Waals surface area (Å²) in [5.74, 6) is 0.187. The molecule has 8 heteroatoms. The van der Waals surface area contributed by atoms with Crippen molar-refractivity contribution in [3.8, 4) is 0 Å². The summed E-state index contributed by atoms with van der Waals surface area (Å²) >= 11 is 0. The van der Waals surface area contributed by atoms with Crippen LogP contribution in [0.4, 0.5) is 11.4 Å². The standard InChI is InChI=1S/C18H22N2O4S2/c21-25(22,14-4-8-16-6-2-1-3-7-16)19-17-9-11-18(12-10-17)20-13-5-15-26(20,23)24/h1-3,6-7,9-12,19H,4-5,8,13-15H2. The first-order valence-electron chi connectivity index (χ1n) is 8.51. The zero-order chi connectivity index (χ0) is 18.6. The molecule has 1 fully saturated rings. The molecule has 0 unspecified atom stereocenters. The van der Waals surface area contributed by atoms with Crippen LogP contribution >= 0.6 is 0 Å². The molecule has 0 radical (unpaired) electrons. The normalized spacial score (nSPS) is 16.5. The zero-order valence-electron chi connectivity index (χ0n) is 14.3. The minimum absolute atomic E-state index is 0.0319. The lowest BCUT2D eigenvalue weighted by Crippen LogP contribution is -2.25. The Bertz CT molecular complexity index is 940. The van der Waals surface area contributed by atoms with Crippen molar-refractivity contribution in [2.24, 2.45) is 0 Å². The van der Waals surface area contributed by atoms with E-state index in [0.717, 1.165) is 5.56 Å². The van der Waals surface area contributed by atoms with E-state index in [-0.39, 0.29) is 11.5 Å². The smallest absolute Gasteiger partial charge is 0.235 e. The fourth-order valence-corrected chi connectivity index (χ4v) is 5.65. The quantitative estimate of drug-likeness (QED) is 0.782. The summed E-state index contributed by atoms with van der Waals surface area (Å²) in [6.45, 7) is 0.465. The van der Waals surface area contributed by atoms with Crippen molar-refractivity contribution in [3.05, 3.63) is 60.2 Å². The lowest BCUT2D eigenvalue weighted by atomic mass is 10.1. The summed E-state index contributed by atoms with van der Waals surface area (Å²) in [4.78, 5) is 0. The number of benzene rings is 2. The Morgan fingerprint density at radius 3 is 2.31 bits per heavy atom. The topological polar surface area (TPSA) is 83.6 Å². The second-order valence-electron chi connectivity index (χ2n) is 6.30. The average Bonchev–Trinajstić information content (AvgIpc) is 2.95. The fourth-order valence-electron chi connectivity index (χ4n) is 2.97. The predicted octanol–water partition coefficient (Wildman–Crippen LogP) is 2.60. The van der Waals surface area contributed by atoms with Crippen molar-refractivity contribution >= 4 is 31.4 Å². The Hall–Kier alpha value is -2.06. The molecule has 0 aliphatic carbocycles. The molecule has 1 aliphatic heterocycles. The number of sulfonamides is 2. The molecule has 1 heterocycles. The van der Waals surface area contributed by atoms with Crippen LogP contribution in [0, 0.1) is 0 Å². The first-order valence-corrected chi connectivity index (χ1v) is 11.8. The van der Waals surface area contributed by atoms with Gasteiger partial charge in [-0.1, -0.05) is 30.3 Å². The number of aryl methyl sites for hydroxylation is 1. The first-order chi connectivity index (χ1) is 12.4. The number of hydrogen-bond acceptors (Lipinski definition) is 4. The summed E-state index contributed by atoms with van der Waals surface area (Å²) in [6.07, 6.45) is 1.84. The van der Waals surface area contributed by atoms with E-state index in [1.807, 2.05) is 30.3 Å². The summed E-state index contributed by atoms with van der Waals surface area (Å²) in [7, 11) is -6.67. The molecule has 6 nitrogen and oxygen atoms in total. The molecule has 1 aliphatic rings. The summed E-state index contributed by atoms with van der Waals surface area (Å²) < 4.78 is 52.2. The van der Waals surface area contributed by atoms with E-state index >= 15 is 0 Å². The van der Waals surface area contributed by atoms with E-state index in [9.17, 15) is 16.8 Å². The lowest BCUT2D eigenvalue weighted by Gasteiger charge is -2.17. The first kappa shape index (κ1) is 18.7. The molecule has 0 atom stereocenters. The lowest BCUT2D eigenvalue weighted by molar-refractivity contribution is 0.597. The van der Waals surface area contributed by atoms with Gasteiger partial charge in [0.15, 0.2) is 0 Å². The van der Waals surface area contributed by atoms with Gasteiger partial charge in [0.05, 0.1) is 17.2 Å². The van der Waals surface area contributed by atoms with Crippen molar-refractivity contribution in [1.82, 2.24) is 0 Å². The summed E-state index contributed by atoms with van der Waals surface area (Å²) in [6, 6.07) is 16.2. The van der Waals surface area contributed by atoms with Crippen LogP contribution in [0.15, 0.2) is 54.6 Å². The summed E-state index contributed by atoms with van der Waals surface area (Å²) in [5, 5.41) is 0. The van der Waals surface area contributed by atoms with Crippen LogP contribution in [0.5, 0.6) is 0 Å². The second-order valence-corrected chi connectivity index (χ2v) is 10.2. The van der Waals surface area contributed by atoms with Crippen LogP contribution in [-0.4, -0.2) is 34.9 Å². The third kappa shape index (κ3) is 4.76. The van der Waals surface area contributed by atoms with Crippen LogP contribution in [-0.2, 0) is 26.5 Å². The van der Waals surface area contributed by atoms with E-state index < -0.39 is 20.0 Å². The Labute approximate surface area is 155 Å². The van der Waals surface area contributed by atoms with Gasteiger partial charge in [0.1, 0.15) is 0 Å². The number of anilines is 2. The van der Waals surface area contributed by atoms with Gasteiger partial charge in [0.25, 0.3) is 0 Å². The largest absolute Gasteiger partial charge is 0.284 e. The highest BCUT2D eigenvalue weighted by Crippen LogP contribution is 2.25. The maximum Gasteiger partial charge on any atom is 0.235 e. The van der Waals surface area contributed by atoms with Gasteiger partial charge in [-0.25, -0.2) is 16.8 Å². The molecular weight excluding hydrogens is 372 g/mol. The number of hydrogen-bond donors (Lipinski definition) is 1. The molecule has 2 aromatic carbocycles. The highest BCUT2D eigenvalue weighted by Gasteiger charge is 2.28. The Morgan fingerprint density at radius 1 is 1.00 bits per heavy atom. The van der Waals surface area contributed by atoms with Crippen molar-refractivity contribution in [2.45, 2.75) is 19.3 Å². The van der Waals surface area contributed by atoms with E-state index in [2.05, 4.69) is 4.72 Å². The molecule has 1 saturated heterocycles. The third-order valence-corrected chi connectivity index (χ3v) is 7.49. The van der Waals surface area contributed by atoms with Gasteiger partial charge < -0.3 is 0 Å². The fraction of sp³-hybridized carbons (Fsp3) is 0.333. The molecule has 3 rings (SSSR count). The SMILES string of the molecule is O=S(=O)(CCCc1ccccc1)Nc1ccc(N2CCCS2(=O)=O)cc1. The number of nitrogens with one attached hydrogen (secondary N) is 1. The van der Waals surface area contributed by atoms with Crippen LogP contribution < -0.4 is 9.03 Å². The third-order valence-electron chi connectivity index (χ3n) is 4.25. The predicted molar refractivity (Wildman–Crippen MR) is 104 cm³/mol. The monoisotopic (exact) mass is 394 g/mol.